The molecule has 3 aliphatic heterocycles. The van der Waals surface area contributed by atoms with Gasteiger partial charge in [0.2, 0.25) is 17.7 Å². The average Bonchev–Trinajstić information content (AvgIpc) is 3.34. The highest BCUT2D eigenvalue weighted by Crippen LogP contribution is 2.55. The summed E-state index contributed by atoms with van der Waals surface area (Å²) >= 11 is 0. The van der Waals surface area contributed by atoms with E-state index in [1.807, 2.05) is 20.8 Å². The summed E-state index contributed by atoms with van der Waals surface area (Å²) in [5.74, 6) is -2.87. The van der Waals surface area contributed by atoms with Gasteiger partial charge in [-0.2, -0.15) is 0 Å². The molecule has 7 nitrogen and oxygen atoms in total. The van der Waals surface area contributed by atoms with E-state index in [2.05, 4.69) is 17.2 Å². The van der Waals surface area contributed by atoms with E-state index >= 15 is 0 Å². The normalized spacial score (nSPS) is 30.4. The van der Waals surface area contributed by atoms with Gasteiger partial charge >= 0.3 is 0 Å². The van der Waals surface area contributed by atoms with Crippen LogP contribution in [0.15, 0.2) is 49.1 Å². The Balaban J connectivity index is 1.60. The molecule has 2 N–H and O–H groups in total. The third-order valence-electron chi connectivity index (χ3n) is 6.13. The lowest BCUT2D eigenvalue weighted by Gasteiger charge is -2.34. The van der Waals surface area contributed by atoms with Crippen LogP contribution in [0.3, 0.4) is 0 Å². The van der Waals surface area contributed by atoms with E-state index in [0.717, 1.165) is 5.56 Å². The predicted molar refractivity (Wildman–Crippen MR) is 116 cm³/mol. The van der Waals surface area contributed by atoms with E-state index in [0.29, 0.717) is 0 Å². The van der Waals surface area contributed by atoms with Gasteiger partial charge in [0, 0.05) is 18.6 Å². The Bertz CT molecular complexity index is 984. The molecule has 3 heterocycles. The van der Waals surface area contributed by atoms with Crippen LogP contribution >= 0.6 is 0 Å². The molecule has 5 atom stereocenters. The second kappa shape index (κ2) is 7.85. The van der Waals surface area contributed by atoms with Crippen molar-refractivity contribution in [2.45, 2.75) is 50.6 Å². The van der Waals surface area contributed by atoms with Crippen LogP contribution in [0.1, 0.15) is 26.3 Å². The van der Waals surface area contributed by atoms with E-state index in [9.17, 15) is 18.8 Å². The molecule has 0 aromatic heterocycles. The van der Waals surface area contributed by atoms with Gasteiger partial charge in [-0.1, -0.05) is 30.4 Å². The fourth-order valence-electron chi connectivity index (χ4n) is 4.95. The minimum Gasteiger partial charge on any atom is -0.359 e. The zero-order valence-electron chi connectivity index (χ0n) is 18.4. The van der Waals surface area contributed by atoms with Gasteiger partial charge in [0.25, 0.3) is 0 Å². The summed E-state index contributed by atoms with van der Waals surface area (Å²) in [6, 6.07) is 4.94. The zero-order chi connectivity index (χ0) is 23.3. The van der Waals surface area contributed by atoms with Gasteiger partial charge in [-0.15, -0.1) is 6.58 Å². The van der Waals surface area contributed by atoms with Crippen LogP contribution in [0.2, 0.25) is 0 Å². The lowest BCUT2D eigenvalue weighted by molar-refractivity contribution is -0.141. The monoisotopic (exact) mass is 441 g/mol. The summed E-state index contributed by atoms with van der Waals surface area (Å²) in [6.07, 6.45) is 4.50. The number of hydrogen-bond acceptors (Lipinski definition) is 4. The first kappa shape index (κ1) is 22.2. The highest BCUT2D eigenvalue weighted by Gasteiger charge is 2.72. The van der Waals surface area contributed by atoms with Crippen molar-refractivity contribution >= 4 is 17.7 Å². The van der Waals surface area contributed by atoms with Crippen molar-refractivity contribution in [1.29, 1.82) is 0 Å². The minimum absolute atomic E-state index is 0.172. The van der Waals surface area contributed by atoms with Crippen LogP contribution in [0.5, 0.6) is 0 Å². The number of rotatable bonds is 6. The molecule has 0 radical (unpaired) electrons. The molecule has 2 fully saturated rings. The van der Waals surface area contributed by atoms with E-state index in [1.165, 1.54) is 17.0 Å². The average molecular weight is 442 g/mol. The number of benzene rings is 1. The Labute approximate surface area is 186 Å². The molecule has 0 unspecified atom stereocenters. The van der Waals surface area contributed by atoms with Gasteiger partial charge in [-0.25, -0.2) is 4.39 Å². The first-order chi connectivity index (χ1) is 15.1. The van der Waals surface area contributed by atoms with Crippen LogP contribution in [0.25, 0.3) is 0 Å². The predicted octanol–water partition coefficient (Wildman–Crippen LogP) is 1.69. The van der Waals surface area contributed by atoms with Crippen molar-refractivity contribution in [1.82, 2.24) is 15.5 Å². The van der Waals surface area contributed by atoms with Gasteiger partial charge in [-0.3, -0.25) is 14.4 Å². The molecule has 1 spiro atoms. The maximum atomic E-state index is 13.4. The van der Waals surface area contributed by atoms with Gasteiger partial charge in [-0.05, 0) is 38.5 Å². The van der Waals surface area contributed by atoms with Crippen LogP contribution in [-0.4, -0.2) is 52.5 Å². The summed E-state index contributed by atoms with van der Waals surface area (Å²) in [5, 5.41) is 5.78. The van der Waals surface area contributed by atoms with Crippen molar-refractivity contribution in [3.8, 4) is 0 Å². The second-order valence-electron chi connectivity index (χ2n) is 9.56. The van der Waals surface area contributed by atoms with Crippen LogP contribution in [0, 0.1) is 17.7 Å². The van der Waals surface area contributed by atoms with Gasteiger partial charge in [0.1, 0.15) is 17.5 Å². The number of ether oxygens (including phenoxy) is 1. The molecule has 32 heavy (non-hydrogen) atoms. The zero-order valence-corrected chi connectivity index (χ0v) is 18.4. The second-order valence-corrected chi connectivity index (χ2v) is 9.56. The maximum Gasteiger partial charge on any atom is 0.246 e. The van der Waals surface area contributed by atoms with Gasteiger partial charge in [0.05, 0.1) is 17.9 Å². The quantitative estimate of drug-likeness (QED) is 0.658. The van der Waals surface area contributed by atoms with Crippen molar-refractivity contribution < 1.29 is 23.5 Å². The Morgan fingerprint density at radius 3 is 2.56 bits per heavy atom. The van der Waals surface area contributed by atoms with Gasteiger partial charge < -0.3 is 20.3 Å². The first-order valence-electron chi connectivity index (χ1n) is 10.7. The molecule has 1 aromatic rings. The summed E-state index contributed by atoms with van der Waals surface area (Å²) in [4.78, 5) is 41.3. The number of amides is 3. The minimum atomic E-state index is -1.20. The fourth-order valence-corrected chi connectivity index (χ4v) is 4.95. The molecule has 0 aliphatic carbocycles. The summed E-state index contributed by atoms with van der Waals surface area (Å²) in [6.45, 7) is 9.68. The molecule has 170 valence electrons. The highest BCUT2D eigenvalue weighted by molar-refractivity contribution is 6.00. The Morgan fingerprint density at radius 1 is 1.25 bits per heavy atom. The highest BCUT2D eigenvalue weighted by atomic mass is 19.1. The Hall–Kier alpha value is -3.00. The standard InChI is InChI=1S/C24H28FN3O4/c1-5-12-28-19(21(30)27-23(2,3)4)24-11-10-16(32-24)17(18(24)22(28)31)20(29)26-13-14-6-8-15(25)9-7-14/h5-11,16-19H,1,12-13H2,2-4H3,(H,26,29)(H,27,30)/t16-,17+,18-,19+,24-/m1/s1. The number of fused-ring (bicyclic) bond motifs is 1. The van der Waals surface area contributed by atoms with Crippen molar-refractivity contribution in [2.75, 3.05) is 6.54 Å². The number of carbonyl (C=O) groups is 3. The molecular formula is C24H28FN3O4. The molecular weight excluding hydrogens is 413 g/mol. The summed E-state index contributed by atoms with van der Waals surface area (Å²) < 4.78 is 19.3. The lowest BCUT2D eigenvalue weighted by atomic mass is 9.74. The number of hydrogen-bond donors (Lipinski definition) is 2. The topological polar surface area (TPSA) is 87.7 Å². The van der Waals surface area contributed by atoms with E-state index < -0.39 is 35.1 Å². The molecule has 2 saturated heterocycles. The van der Waals surface area contributed by atoms with Crippen LogP contribution < -0.4 is 10.6 Å². The molecule has 8 heteroatoms. The maximum absolute atomic E-state index is 13.4. The summed E-state index contributed by atoms with van der Waals surface area (Å²) in [7, 11) is 0. The fraction of sp³-hybridized carbons (Fsp3) is 0.458. The molecule has 0 saturated carbocycles. The van der Waals surface area contributed by atoms with E-state index in [-0.39, 0.29) is 36.6 Å². The SMILES string of the molecule is C=CCN1C(=O)[C@H]2[C@@H](C(=O)NCc3ccc(F)cc3)[C@H]3C=C[C@]2(O3)[C@@H]1C(=O)NC(C)(C)C. The molecule has 3 aliphatic rings. The van der Waals surface area contributed by atoms with Crippen molar-refractivity contribution in [3.05, 3.63) is 60.5 Å². The largest absolute Gasteiger partial charge is 0.359 e. The molecule has 1 aromatic carbocycles. The number of likely N-dealkylation sites (tertiary alicyclic amines) is 1. The third kappa shape index (κ3) is 3.62. The number of halogens is 1. The number of nitrogens with one attached hydrogen (secondary N) is 2. The summed E-state index contributed by atoms with van der Waals surface area (Å²) in [5.41, 5.74) is -0.957. The smallest absolute Gasteiger partial charge is 0.246 e. The first-order valence-corrected chi connectivity index (χ1v) is 10.7. The number of nitrogens with zero attached hydrogens (tertiary/aromatic N) is 1. The van der Waals surface area contributed by atoms with Gasteiger partial charge in [0.15, 0.2) is 0 Å². The molecule has 3 amide bonds. The van der Waals surface area contributed by atoms with E-state index in [4.69, 9.17) is 4.74 Å². The van der Waals surface area contributed by atoms with Crippen LogP contribution in [-0.2, 0) is 25.7 Å². The Kier molecular flexibility index (Phi) is 5.45. The molecule has 4 rings (SSSR count). The van der Waals surface area contributed by atoms with E-state index in [1.54, 1.807) is 30.4 Å². The van der Waals surface area contributed by atoms with Crippen molar-refractivity contribution in [2.24, 2.45) is 11.8 Å². The van der Waals surface area contributed by atoms with Crippen molar-refractivity contribution in [3.63, 3.8) is 0 Å². The van der Waals surface area contributed by atoms with Crippen LogP contribution in [0.4, 0.5) is 4.39 Å². The molecule has 2 bridgehead atoms. The Morgan fingerprint density at radius 2 is 1.94 bits per heavy atom. The third-order valence-corrected chi connectivity index (χ3v) is 6.13. The lowest BCUT2D eigenvalue weighted by Crippen LogP contribution is -2.57. The number of carbonyl (C=O) groups excluding carboxylic acids is 3.